The van der Waals surface area contributed by atoms with Gasteiger partial charge >= 0.3 is 0 Å². The Bertz CT molecular complexity index is 853. The van der Waals surface area contributed by atoms with Crippen LogP contribution in [0.5, 0.6) is 5.75 Å². The molecule has 2 aromatic rings. The monoisotopic (exact) mass is 427 g/mol. The molecule has 0 bridgehead atoms. The van der Waals surface area contributed by atoms with Crippen molar-refractivity contribution in [2.24, 2.45) is 0 Å². The molecule has 160 valence electrons. The minimum absolute atomic E-state index is 0.157. The van der Waals surface area contributed by atoms with E-state index < -0.39 is 0 Å². The molecule has 0 saturated heterocycles. The van der Waals surface area contributed by atoms with Crippen molar-refractivity contribution in [1.82, 2.24) is 10.6 Å². The van der Waals surface area contributed by atoms with E-state index in [1.54, 1.807) is 48.5 Å². The van der Waals surface area contributed by atoms with Crippen molar-refractivity contribution < 1.29 is 14.3 Å². The van der Waals surface area contributed by atoms with Gasteiger partial charge in [0.25, 0.3) is 11.8 Å². The van der Waals surface area contributed by atoms with Crippen LogP contribution in [0, 0.1) is 0 Å². The van der Waals surface area contributed by atoms with E-state index in [1.807, 2.05) is 6.92 Å². The second-order valence-electron chi connectivity index (χ2n) is 6.78. The van der Waals surface area contributed by atoms with Crippen LogP contribution < -0.4 is 20.7 Å². The molecule has 7 heteroatoms. The summed E-state index contributed by atoms with van der Waals surface area (Å²) in [4.78, 5) is 24.3. The number of hydrogen-bond donors (Lipinski definition) is 3. The Labute approximate surface area is 183 Å². The lowest BCUT2D eigenvalue weighted by Gasteiger charge is -2.11. The van der Waals surface area contributed by atoms with Crippen LogP contribution in [0.15, 0.2) is 48.5 Å². The predicted octanol–water partition coefficient (Wildman–Crippen LogP) is 4.52. The Morgan fingerprint density at radius 2 is 1.70 bits per heavy atom. The number of ether oxygens (including phenoxy) is 1. The second-order valence-corrected chi connectivity index (χ2v) is 7.19. The number of rotatable bonds is 10. The molecule has 0 fully saturated rings. The molecule has 3 N–H and O–H groups in total. The van der Waals surface area contributed by atoms with Crippen LogP contribution in [0.1, 0.15) is 60.2 Å². The van der Waals surface area contributed by atoms with Crippen LogP contribution in [0.2, 0.25) is 0 Å². The summed E-state index contributed by atoms with van der Waals surface area (Å²) in [5.74, 6) is 0.261. The average molecular weight is 428 g/mol. The first kappa shape index (κ1) is 23.3. The molecule has 0 radical (unpaired) electrons. The molecular weight excluding hydrogens is 398 g/mol. The first-order valence-corrected chi connectivity index (χ1v) is 10.7. The molecular formula is C23H29N3O3S. The molecule has 2 aromatic carbocycles. The van der Waals surface area contributed by atoms with Crippen molar-refractivity contribution in [3.8, 4) is 5.75 Å². The van der Waals surface area contributed by atoms with Gasteiger partial charge in [0.2, 0.25) is 0 Å². The van der Waals surface area contributed by atoms with E-state index in [4.69, 9.17) is 17.0 Å². The molecule has 0 atom stereocenters. The van der Waals surface area contributed by atoms with Gasteiger partial charge in [0, 0.05) is 23.4 Å². The molecule has 0 saturated carbocycles. The fraction of sp³-hybridized carbons (Fsp3) is 0.348. The quantitative estimate of drug-likeness (QED) is 0.384. The third-order valence-electron chi connectivity index (χ3n) is 4.33. The van der Waals surface area contributed by atoms with Gasteiger partial charge in [0.15, 0.2) is 5.11 Å². The summed E-state index contributed by atoms with van der Waals surface area (Å²) in [5, 5.41) is 8.47. The first-order chi connectivity index (χ1) is 14.5. The summed E-state index contributed by atoms with van der Waals surface area (Å²) < 4.78 is 5.69. The van der Waals surface area contributed by atoms with E-state index in [0.717, 1.165) is 18.6 Å². The Morgan fingerprint density at radius 1 is 0.933 bits per heavy atom. The van der Waals surface area contributed by atoms with Crippen molar-refractivity contribution in [3.63, 3.8) is 0 Å². The Balaban J connectivity index is 1.85. The van der Waals surface area contributed by atoms with E-state index in [-0.39, 0.29) is 16.9 Å². The zero-order chi connectivity index (χ0) is 21.8. The maximum absolute atomic E-state index is 12.4. The molecule has 0 aliphatic rings. The molecule has 0 spiro atoms. The lowest BCUT2D eigenvalue weighted by atomic mass is 10.2. The van der Waals surface area contributed by atoms with Crippen molar-refractivity contribution in [2.75, 3.05) is 18.5 Å². The average Bonchev–Trinajstić information content (AvgIpc) is 2.74. The van der Waals surface area contributed by atoms with Crippen LogP contribution in [0.25, 0.3) is 0 Å². The van der Waals surface area contributed by atoms with Crippen molar-refractivity contribution >= 4 is 34.8 Å². The van der Waals surface area contributed by atoms with E-state index in [1.165, 1.54) is 12.8 Å². The largest absolute Gasteiger partial charge is 0.494 e. The number of thiocarbonyl (C=S) groups is 1. The topological polar surface area (TPSA) is 79.5 Å². The number of anilines is 1. The summed E-state index contributed by atoms with van der Waals surface area (Å²) in [5.41, 5.74) is 1.62. The molecule has 6 nitrogen and oxygen atoms in total. The number of amides is 2. The molecule has 0 aliphatic heterocycles. The van der Waals surface area contributed by atoms with Gasteiger partial charge in [0.05, 0.1) is 6.61 Å². The Kier molecular flexibility index (Phi) is 9.80. The summed E-state index contributed by atoms with van der Waals surface area (Å²) in [6.07, 6.45) is 4.59. The number of benzene rings is 2. The first-order valence-electron chi connectivity index (χ1n) is 10.3. The summed E-state index contributed by atoms with van der Waals surface area (Å²) >= 11 is 5.22. The van der Waals surface area contributed by atoms with Gasteiger partial charge in [0.1, 0.15) is 5.75 Å². The second kappa shape index (κ2) is 12.6. The number of hydrogen-bond acceptors (Lipinski definition) is 4. The van der Waals surface area contributed by atoms with Crippen LogP contribution in [0.3, 0.4) is 0 Å². The van der Waals surface area contributed by atoms with Gasteiger partial charge < -0.3 is 15.4 Å². The molecule has 0 aliphatic carbocycles. The minimum atomic E-state index is -0.318. The van der Waals surface area contributed by atoms with Crippen molar-refractivity contribution in [3.05, 3.63) is 59.7 Å². The van der Waals surface area contributed by atoms with Crippen LogP contribution in [0.4, 0.5) is 5.69 Å². The number of unbranched alkanes of at least 4 members (excludes halogenated alkanes) is 3. The van der Waals surface area contributed by atoms with Crippen LogP contribution in [-0.2, 0) is 0 Å². The van der Waals surface area contributed by atoms with E-state index in [0.29, 0.717) is 30.0 Å². The molecule has 0 aromatic heterocycles. The predicted molar refractivity (Wildman–Crippen MR) is 124 cm³/mol. The zero-order valence-corrected chi connectivity index (χ0v) is 18.3. The minimum Gasteiger partial charge on any atom is -0.494 e. The normalized spacial score (nSPS) is 10.2. The van der Waals surface area contributed by atoms with Crippen LogP contribution in [-0.4, -0.2) is 30.1 Å². The Morgan fingerprint density at radius 3 is 2.40 bits per heavy atom. The highest BCUT2D eigenvalue weighted by molar-refractivity contribution is 7.80. The molecule has 2 amide bonds. The van der Waals surface area contributed by atoms with Gasteiger partial charge in [-0.2, -0.15) is 0 Å². The highest BCUT2D eigenvalue weighted by Gasteiger charge is 2.10. The third-order valence-corrected chi connectivity index (χ3v) is 4.53. The van der Waals surface area contributed by atoms with Gasteiger partial charge in [-0.3, -0.25) is 14.9 Å². The number of carbonyl (C=O) groups is 2. The lowest BCUT2D eigenvalue weighted by Crippen LogP contribution is -2.34. The smallest absolute Gasteiger partial charge is 0.257 e. The van der Waals surface area contributed by atoms with Crippen molar-refractivity contribution in [1.29, 1.82) is 0 Å². The maximum atomic E-state index is 12.4. The lowest BCUT2D eigenvalue weighted by molar-refractivity contribution is 0.0953. The number of nitrogens with one attached hydrogen (secondary N) is 3. The molecule has 0 unspecified atom stereocenters. The third kappa shape index (κ3) is 7.83. The van der Waals surface area contributed by atoms with Crippen LogP contribution >= 0.6 is 12.2 Å². The summed E-state index contributed by atoms with van der Waals surface area (Å²) in [6.45, 7) is 5.26. The fourth-order valence-electron chi connectivity index (χ4n) is 2.76. The van der Waals surface area contributed by atoms with Gasteiger partial charge in [-0.25, -0.2) is 0 Å². The summed E-state index contributed by atoms with van der Waals surface area (Å²) in [7, 11) is 0. The van der Waals surface area contributed by atoms with E-state index in [9.17, 15) is 9.59 Å². The number of carbonyl (C=O) groups excluding carboxylic acids is 2. The Hall–Kier alpha value is -2.93. The standard InChI is InChI=1S/C23H29N3O3S/c1-3-5-6-7-15-29-20-13-11-17(12-14-20)22(28)26-23(30)25-19-10-8-9-18(16-19)21(27)24-4-2/h8-14,16H,3-7,15H2,1-2H3,(H,24,27)(H2,25,26,28,30). The zero-order valence-electron chi connectivity index (χ0n) is 17.5. The van der Waals surface area contributed by atoms with Gasteiger partial charge in [-0.05, 0) is 68.0 Å². The SMILES string of the molecule is CCCCCCOc1ccc(C(=O)NC(=S)Nc2cccc(C(=O)NCC)c2)cc1. The van der Waals surface area contributed by atoms with Gasteiger partial charge in [-0.15, -0.1) is 0 Å². The fourth-order valence-corrected chi connectivity index (χ4v) is 2.97. The highest BCUT2D eigenvalue weighted by atomic mass is 32.1. The molecule has 2 rings (SSSR count). The van der Waals surface area contributed by atoms with Crippen molar-refractivity contribution in [2.45, 2.75) is 39.5 Å². The van der Waals surface area contributed by atoms with E-state index in [2.05, 4.69) is 22.9 Å². The molecule has 30 heavy (non-hydrogen) atoms. The highest BCUT2D eigenvalue weighted by Crippen LogP contribution is 2.14. The maximum Gasteiger partial charge on any atom is 0.257 e. The summed E-state index contributed by atoms with van der Waals surface area (Å²) in [6, 6.07) is 13.9. The molecule has 0 heterocycles. The van der Waals surface area contributed by atoms with E-state index >= 15 is 0 Å². The van der Waals surface area contributed by atoms with Gasteiger partial charge in [-0.1, -0.05) is 32.3 Å².